The number of amides is 1. The highest BCUT2D eigenvalue weighted by Gasteiger charge is 2.30. The first-order valence-electron chi connectivity index (χ1n) is 11.6. The third-order valence-electron chi connectivity index (χ3n) is 6.51. The van der Waals surface area contributed by atoms with Crippen molar-refractivity contribution >= 4 is 17.3 Å². The molecule has 2 fully saturated rings. The van der Waals surface area contributed by atoms with E-state index in [1.807, 2.05) is 30.3 Å². The van der Waals surface area contributed by atoms with Crippen LogP contribution < -0.4 is 10.2 Å². The van der Waals surface area contributed by atoms with Gasteiger partial charge in [-0.1, -0.05) is 30.3 Å². The summed E-state index contributed by atoms with van der Waals surface area (Å²) in [5.74, 6) is 0.505. The van der Waals surface area contributed by atoms with Crippen LogP contribution in [-0.2, 0) is 9.53 Å². The van der Waals surface area contributed by atoms with Crippen LogP contribution >= 0.6 is 0 Å². The molecule has 0 saturated carbocycles. The Morgan fingerprint density at radius 1 is 1.15 bits per heavy atom. The molecule has 2 saturated heterocycles. The van der Waals surface area contributed by atoms with Gasteiger partial charge < -0.3 is 19.4 Å². The summed E-state index contributed by atoms with van der Waals surface area (Å²) in [4.78, 5) is 21.4. The fraction of sp³-hybridized carbons (Fsp3) is 0.346. The largest absolute Gasteiger partial charge is 0.447 e. The molecule has 34 heavy (non-hydrogen) atoms. The summed E-state index contributed by atoms with van der Waals surface area (Å²) in [5, 5.41) is 12.7. The van der Waals surface area contributed by atoms with Crippen LogP contribution in [-0.4, -0.2) is 55.2 Å². The predicted octanol–water partition coefficient (Wildman–Crippen LogP) is 3.43. The van der Waals surface area contributed by atoms with Crippen LogP contribution in [0.4, 0.5) is 11.4 Å². The first-order chi connectivity index (χ1) is 16.7. The molecular weight excluding hydrogens is 430 g/mol. The summed E-state index contributed by atoms with van der Waals surface area (Å²) in [6.07, 6.45) is 4.03. The number of hydrogen-bond acceptors (Lipinski definition) is 7. The van der Waals surface area contributed by atoms with Crippen LogP contribution in [0.2, 0.25) is 0 Å². The Labute approximate surface area is 198 Å². The standard InChI is InChI=1S/C26H27N5O3/c27-17-21-16-22(29-25(32)20-8-14-33-18-20)6-7-23(21)30-10-12-31(13-11-30)24(26-28-9-15-34-26)19-4-2-1-3-5-19/h1-7,9,15-16,20,24H,8,10-14,18H2,(H,29,32). The Bertz CT molecular complexity index is 1140. The Morgan fingerprint density at radius 3 is 2.65 bits per heavy atom. The van der Waals surface area contributed by atoms with E-state index in [0.29, 0.717) is 30.4 Å². The van der Waals surface area contributed by atoms with Crippen LogP contribution in [0.5, 0.6) is 0 Å². The fourth-order valence-electron chi connectivity index (χ4n) is 4.70. The maximum atomic E-state index is 12.4. The second kappa shape index (κ2) is 10.1. The summed E-state index contributed by atoms with van der Waals surface area (Å²) in [6, 6.07) is 18.1. The lowest BCUT2D eigenvalue weighted by Crippen LogP contribution is -2.48. The molecule has 2 aliphatic heterocycles. The predicted molar refractivity (Wildman–Crippen MR) is 127 cm³/mol. The zero-order valence-corrected chi connectivity index (χ0v) is 18.9. The van der Waals surface area contributed by atoms with E-state index >= 15 is 0 Å². The molecule has 1 amide bonds. The molecular formula is C26H27N5O3. The van der Waals surface area contributed by atoms with Gasteiger partial charge in [0.1, 0.15) is 18.4 Å². The van der Waals surface area contributed by atoms with Gasteiger partial charge in [0.15, 0.2) is 0 Å². The third kappa shape index (κ3) is 4.67. The lowest BCUT2D eigenvalue weighted by molar-refractivity contribution is -0.119. The summed E-state index contributed by atoms with van der Waals surface area (Å²) in [5.41, 5.74) is 3.23. The van der Waals surface area contributed by atoms with Crippen LogP contribution in [0.25, 0.3) is 0 Å². The zero-order chi connectivity index (χ0) is 23.3. The second-order valence-corrected chi connectivity index (χ2v) is 8.60. The molecule has 0 bridgehead atoms. The molecule has 0 radical (unpaired) electrons. The van der Waals surface area contributed by atoms with E-state index in [1.165, 1.54) is 0 Å². The molecule has 0 aliphatic carbocycles. The molecule has 5 rings (SSSR count). The molecule has 8 nitrogen and oxygen atoms in total. The number of oxazole rings is 1. The van der Waals surface area contributed by atoms with Gasteiger partial charge in [0, 0.05) is 38.5 Å². The molecule has 1 N–H and O–H groups in total. The number of ether oxygens (including phenoxy) is 1. The number of aromatic nitrogens is 1. The van der Waals surface area contributed by atoms with E-state index in [2.05, 4.69) is 38.3 Å². The van der Waals surface area contributed by atoms with Crippen molar-refractivity contribution in [2.24, 2.45) is 5.92 Å². The van der Waals surface area contributed by atoms with Gasteiger partial charge in [-0.2, -0.15) is 5.26 Å². The Kier molecular flexibility index (Phi) is 6.56. The first kappa shape index (κ1) is 22.1. The van der Waals surface area contributed by atoms with Gasteiger partial charge in [-0.15, -0.1) is 0 Å². The highest BCUT2D eigenvalue weighted by atomic mass is 16.5. The number of nitrogens with zero attached hydrogens (tertiary/aromatic N) is 4. The molecule has 3 heterocycles. The number of anilines is 2. The maximum absolute atomic E-state index is 12.4. The highest BCUT2D eigenvalue weighted by Crippen LogP contribution is 2.31. The molecule has 2 atom stereocenters. The topological polar surface area (TPSA) is 94.6 Å². The van der Waals surface area contributed by atoms with E-state index in [4.69, 9.17) is 9.15 Å². The number of carbonyl (C=O) groups is 1. The molecule has 1 aromatic heterocycles. The molecule has 0 spiro atoms. The number of carbonyl (C=O) groups excluding carboxylic acids is 1. The Hall–Kier alpha value is -3.67. The molecule has 174 valence electrons. The van der Waals surface area contributed by atoms with Gasteiger partial charge in [0.25, 0.3) is 0 Å². The van der Waals surface area contributed by atoms with Crippen LogP contribution in [0, 0.1) is 17.2 Å². The summed E-state index contributed by atoms with van der Waals surface area (Å²) in [6.45, 7) is 4.21. The van der Waals surface area contributed by atoms with Crippen LogP contribution in [0.15, 0.2) is 65.4 Å². The minimum atomic E-state index is -0.125. The number of nitriles is 1. The zero-order valence-electron chi connectivity index (χ0n) is 18.9. The number of rotatable bonds is 6. The van der Waals surface area contributed by atoms with Crippen molar-refractivity contribution in [2.75, 3.05) is 49.6 Å². The number of piperazine rings is 1. The molecule has 2 aromatic carbocycles. The Balaban J connectivity index is 1.28. The van der Waals surface area contributed by atoms with Crippen molar-refractivity contribution in [1.82, 2.24) is 9.88 Å². The van der Waals surface area contributed by atoms with E-state index in [1.54, 1.807) is 18.5 Å². The first-order valence-corrected chi connectivity index (χ1v) is 11.6. The molecule has 3 aromatic rings. The van der Waals surface area contributed by atoms with Gasteiger partial charge in [0.05, 0.1) is 30.0 Å². The number of hydrogen-bond donors (Lipinski definition) is 1. The van der Waals surface area contributed by atoms with E-state index < -0.39 is 0 Å². The average molecular weight is 458 g/mol. The van der Waals surface area contributed by atoms with Gasteiger partial charge >= 0.3 is 0 Å². The van der Waals surface area contributed by atoms with Gasteiger partial charge in [0.2, 0.25) is 11.8 Å². The maximum Gasteiger partial charge on any atom is 0.229 e. The quantitative estimate of drug-likeness (QED) is 0.606. The van der Waals surface area contributed by atoms with Crippen molar-refractivity contribution in [3.8, 4) is 6.07 Å². The number of benzene rings is 2. The van der Waals surface area contributed by atoms with Gasteiger partial charge in [-0.3, -0.25) is 9.69 Å². The fourth-order valence-corrected chi connectivity index (χ4v) is 4.70. The smallest absolute Gasteiger partial charge is 0.229 e. The minimum absolute atomic E-state index is 0.0501. The lowest BCUT2D eigenvalue weighted by Gasteiger charge is -2.39. The third-order valence-corrected chi connectivity index (χ3v) is 6.51. The van der Waals surface area contributed by atoms with Gasteiger partial charge in [-0.25, -0.2) is 4.98 Å². The highest BCUT2D eigenvalue weighted by molar-refractivity contribution is 5.93. The normalized spacial score (nSPS) is 19.5. The molecule has 8 heteroatoms. The van der Waals surface area contributed by atoms with Crippen LogP contribution in [0.1, 0.15) is 29.5 Å². The van der Waals surface area contributed by atoms with Crippen molar-refractivity contribution in [2.45, 2.75) is 12.5 Å². The van der Waals surface area contributed by atoms with Crippen molar-refractivity contribution in [3.05, 3.63) is 78.0 Å². The van der Waals surface area contributed by atoms with E-state index in [9.17, 15) is 10.1 Å². The van der Waals surface area contributed by atoms with Crippen molar-refractivity contribution in [3.63, 3.8) is 0 Å². The van der Waals surface area contributed by atoms with Crippen molar-refractivity contribution in [1.29, 1.82) is 5.26 Å². The SMILES string of the molecule is N#Cc1cc(NC(=O)C2CCOC2)ccc1N1CCN(C(c2ccccc2)c2ncco2)CC1. The average Bonchev–Trinajstić information content (AvgIpc) is 3.61. The lowest BCUT2D eigenvalue weighted by atomic mass is 10.0. The van der Waals surface area contributed by atoms with Gasteiger partial charge in [-0.05, 0) is 30.2 Å². The van der Waals surface area contributed by atoms with E-state index in [0.717, 1.165) is 43.9 Å². The molecule has 2 unspecified atom stereocenters. The summed E-state index contributed by atoms with van der Waals surface area (Å²) in [7, 11) is 0. The second-order valence-electron chi connectivity index (χ2n) is 8.60. The van der Waals surface area contributed by atoms with E-state index in [-0.39, 0.29) is 17.9 Å². The Morgan fingerprint density at radius 2 is 1.97 bits per heavy atom. The minimum Gasteiger partial charge on any atom is -0.447 e. The summed E-state index contributed by atoms with van der Waals surface area (Å²) >= 11 is 0. The monoisotopic (exact) mass is 457 g/mol. The van der Waals surface area contributed by atoms with Crippen molar-refractivity contribution < 1.29 is 13.9 Å². The molecule has 2 aliphatic rings. The summed E-state index contributed by atoms with van der Waals surface area (Å²) < 4.78 is 11.0. The van der Waals surface area contributed by atoms with Crippen LogP contribution in [0.3, 0.4) is 0 Å². The number of nitrogens with one attached hydrogen (secondary N) is 1.